The summed E-state index contributed by atoms with van der Waals surface area (Å²) in [6.45, 7) is 2.84. The molecule has 2 heterocycles. The number of thiocarbonyl (C=S) groups is 1. The summed E-state index contributed by atoms with van der Waals surface area (Å²) >= 11 is 4.69. The van der Waals surface area contributed by atoms with Gasteiger partial charge in [0.2, 0.25) is 0 Å². The summed E-state index contributed by atoms with van der Waals surface area (Å²) in [5, 5.41) is 7.56. The molecule has 1 aromatic carbocycles. The maximum absolute atomic E-state index is 5.80. The number of hydrogen-bond donors (Lipinski definition) is 3. The Hall–Kier alpha value is -2.38. The van der Waals surface area contributed by atoms with Gasteiger partial charge in [0.05, 0.1) is 12.8 Å². The summed E-state index contributed by atoms with van der Waals surface area (Å²) in [6.07, 6.45) is 3.99. The number of rotatable bonds is 7. The number of hydrazone groups is 1. The topological polar surface area (TPSA) is 78.8 Å². The number of nitrogens with one attached hydrogen (secondary N) is 2. The van der Waals surface area contributed by atoms with Crippen LogP contribution in [0.3, 0.4) is 0 Å². The van der Waals surface area contributed by atoms with E-state index in [9.17, 15) is 0 Å². The van der Waals surface area contributed by atoms with E-state index in [2.05, 4.69) is 32.9 Å². The third kappa shape index (κ3) is 5.30. The van der Waals surface area contributed by atoms with Crippen molar-refractivity contribution >= 4 is 29.2 Å². The fourth-order valence-corrected chi connectivity index (χ4v) is 3.09. The van der Waals surface area contributed by atoms with Crippen LogP contribution in [-0.4, -0.2) is 35.4 Å². The molecule has 1 aliphatic heterocycles. The van der Waals surface area contributed by atoms with Gasteiger partial charge in [-0.05, 0) is 55.9 Å². The van der Waals surface area contributed by atoms with E-state index in [1.165, 1.54) is 12.8 Å². The molecule has 0 aliphatic carbocycles. The molecular formula is C18H23N5OS. The lowest BCUT2D eigenvalue weighted by atomic mass is 10.2. The number of furan rings is 1. The summed E-state index contributed by atoms with van der Waals surface area (Å²) in [7, 11) is 0. The Morgan fingerprint density at radius 1 is 1.32 bits per heavy atom. The van der Waals surface area contributed by atoms with Crippen LogP contribution in [0.25, 0.3) is 0 Å². The highest BCUT2D eigenvalue weighted by Gasteiger charge is 2.25. The molecule has 2 aromatic rings. The molecule has 0 spiro atoms. The molecule has 25 heavy (non-hydrogen) atoms. The van der Waals surface area contributed by atoms with Crippen molar-refractivity contribution in [3.8, 4) is 0 Å². The summed E-state index contributed by atoms with van der Waals surface area (Å²) in [5.41, 5.74) is 9.00. The number of nitrogens with zero attached hydrogens (tertiary/aromatic N) is 2. The van der Waals surface area contributed by atoms with Crippen LogP contribution in [-0.2, 0) is 6.54 Å². The minimum Gasteiger partial charge on any atom is -0.459 e. The van der Waals surface area contributed by atoms with E-state index in [4.69, 9.17) is 22.4 Å². The number of benzene rings is 1. The Morgan fingerprint density at radius 2 is 2.16 bits per heavy atom. The predicted molar refractivity (Wildman–Crippen MR) is 105 cm³/mol. The summed E-state index contributed by atoms with van der Waals surface area (Å²) in [5.74, 6) is 1.61. The highest BCUT2D eigenvalue weighted by molar-refractivity contribution is 7.80. The molecule has 0 radical (unpaired) electrons. The van der Waals surface area contributed by atoms with Gasteiger partial charge in [0, 0.05) is 18.3 Å². The van der Waals surface area contributed by atoms with Gasteiger partial charge in [-0.15, -0.1) is 0 Å². The van der Waals surface area contributed by atoms with Gasteiger partial charge in [-0.2, -0.15) is 5.10 Å². The Balaban J connectivity index is 1.52. The Labute approximate surface area is 153 Å². The molecule has 7 heteroatoms. The number of para-hydroxylation sites is 1. The molecular weight excluding hydrogens is 334 g/mol. The third-order valence-corrected chi connectivity index (χ3v) is 4.31. The standard InChI is InChI=1S/C18H23N5OS/c19-18(25)22-21-12-16-8-9-17(24-16)13-23-10-4-7-15(23)11-20-14-5-2-1-3-6-14/h1-3,5-6,8-9,12,15,20H,4,7,10-11,13H2,(H3,19,22,25)/t15-/m0/s1. The smallest absolute Gasteiger partial charge is 0.184 e. The van der Waals surface area contributed by atoms with E-state index in [1.54, 1.807) is 6.21 Å². The lowest BCUT2D eigenvalue weighted by Gasteiger charge is -2.24. The zero-order valence-corrected chi connectivity index (χ0v) is 14.8. The van der Waals surface area contributed by atoms with Gasteiger partial charge >= 0.3 is 0 Å². The minimum absolute atomic E-state index is 0.133. The first-order valence-electron chi connectivity index (χ1n) is 8.41. The lowest BCUT2D eigenvalue weighted by Crippen LogP contribution is -2.34. The number of hydrogen-bond acceptors (Lipinski definition) is 5. The van der Waals surface area contributed by atoms with Crippen LogP contribution >= 0.6 is 12.2 Å². The molecule has 132 valence electrons. The van der Waals surface area contributed by atoms with Crippen molar-refractivity contribution in [3.63, 3.8) is 0 Å². The van der Waals surface area contributed by atoms with Crippen LogP contribution in [0, 0.1) is 0 Å². The molecule has 1 aromatic heterocycles. The molecule has 1 aliphatic rings. The first kappa shape index (κ1) is 17.4. The van der Waals surface area contributed by atoms with Crippen LogP contribution in [0.15, 0.2) is 52.0 Å². The zero-order chi connectivity index (χ0) is 17.5. The molecule has 0 amide bonds. The molecule has 3 rings (SSSR count). The number of likely N-dealkylation sites (tertiary alicyclic amines) is 1. The average Bonchev–Trinajstić information content (AvgIpc) is 3.23. The molecule has 0 unspecified atom stereocenters. The second-order valence-corrected chi connectivity index (χ2v) is 6.49. The van der Waals surface area contributed by atoms with Crippen molar-refractivity contribution in [3.05, 3.63) is 54.0 Å². The van der Waals surface area contributed by atoms with Gasteiger partial charge in [0.25, 0.3) is 0 Å². The van der Waals surface area contributed by atoms with Crippen molar-refractivity contribution in [1.29, 1.82) is 0 Å². The molecule has 0 saturated carbocycles. The minimum atomic E-state index is 0.133. The first-order valence-corrected chi connectivity index (χ1v) is 8.82. The molecule has 0 bridgehead atoms. The van der Waals surface area contributed by atoms with Gasteiger partial charge < -0.3 is 15.5 Å². The summed E-state index contributed by atoms with van der Waals surface area (Å²) < 4.78 is 5.80. The van der Waals surface area contributed by atoms with Crippen molar-refractivity contribution in [2.75, 3.05) is 18.4 Å². The van der Waals surface area contributed by atoms with Crippen molar-refractivity contribution in [2.45, 2.75) is 25.4 Å². The molecule has 1 fully saturated rings. The van der Waals surface area contributed by atoms with Crippen molar-refractivity contribution < 1.29 is 4.42 Å². The molecule has 4 N–H and O–H groups in total. The van der Waals surface area contributed by atoms with Gasteiger partial charge in [-0.25, -0.2) is 0 Å². The maximum atomic E-state index is 5.80. The highest BCUT2D eigenvalue weighted by Crippen LogP contribution is 2.21. The van der Waals surface area contributed by atoms with E-state index in [0.29, 0.717) is 11.8 Å². The Morgan fingerprint density at radius 3 is 2.96 bits per heavy atom. The fourth-order valence-electron chi connectivity index (χ4n) is 3.03. The Kier molecular flexibility index (Phi) is 6.03. The van der Waals surface area contributed by atoms with Gasteiger partial charge in [0.1, 0.15) is 11.5 Å². The third-order valence-electron chi connectivity index (χ3n) is 4.22. The SMILES string of the molecule is NC(=S)NN=Cc1ccc(CN2CCC[C@H]2CNc2ccccc2)o1. The first-order chi connectivity index (χ1) is 12.2. The van der Waals surface area contributed by atoms with Crippen LogP contribution in [0.1, 0.15) is 24.4 Å². The second-order valence-electron chi connectivity index (χ2n) is 6.05. The molecule has 1 atom stereocenters. The Bertz CT molecular complexity index is 715. The highest BCUT2D eigenvalue weighted by atomic mass is 32.1. The predicted octanol–water partition coefficient (Wildman–Crippen LogP) is 2.52. The normalized spacial score (nSPS) is 17.8. The van der Waals surface area contributed by atoms with Gasteiger partial charge in [-0.3, -0.25) is 10.3 Å². The largest absolute Gasteiger partial charge is 0.459 e. The molecule has 1 saturated heterocycles. The average molecular weight is 357 g/mol. The fraction of sp³-hybridized carbons (Fsp3) is 0.333. The molecule has 6 nitrogen and oxygen atoms in total. The maximum Gasteiger partial charge on any atom is 0.184 e. The lowest BCUT2D eigenvalue weighted by molar-refractivity contribution is 0.233. The van der Waals surface area contributed by atoms with E-state index >= 15 is 0 Å². The van der Waals surface area contributed by atoms with Crippen molar-refractivity contribution in [1.82, 2.24) is 10.3 Å². The van der Waals surface area contributed by atoms with Crippen molar-refractivity contribution in [2.24, 2.45) is 10.8 Å². The van der Waals surface area contributed by atoms with E-state index in [-0.39, 0.29) is 5.11 Å². The van der Waals surface area contributed by atoms with Crippen LogP contribution < -0.4 is 16.5 Å². The van der Waals surface area contributed by atoms with Gasteiger partial charge in [-0.1, -0.05) is 18.2 Å². The monoisotopic (exact) mass is 357 g/mol. The van der Waals surface area contributed by atoms with Crippen LogP contribution in [0.5, 0.6) is 0 Å². The quantitative estimate of drug-likeness (QED) is 0.401. The van der Waals surface area contributed by atoms with E-state index in [1.807, 2.05) is 30.3 Å². The van der Waals surface area contributed by atoms with Crippen LogP contribution in [0.2, 0.25) is 0 Å². The number of nitrogens with two attached hydrogens (primary N) is 1. The van der Waals surface area contributed by atoms with E-state index < -0.39 is 0 Å². The summed E-state index contributed by atoms with van der Waals surface area (Å²) in [6, 6.07) is 14.7. The number of anilines is 1. The van der Waals surface area contributed by atoms with E-state index in [0.717, 1.165) is 31.1 Å². The zero-order valence-electron chi connectivity index (χ0n) is 14.0. The van der Waals surface area contributed by atoms with Gasteiger partial charge in [0.15, 0.2) is 5.11 Å². The summed E-state index contributed by atoms with van der Waals surface area (Å²) in [4.78, 5) is 2.46. The second kappa shape index (κ2) is 8.64. The van der Waals surface area contributed by atoms with Crippen LogP contribution in [0.4, 0.5) is 5.69 Å².